The van der Waals surface area contributed by atoms with Crippen LogP contribution in [0.4, 0.5) is 5.69 Å². The lowest BCUT2D eigenvalue weighted by Gasteiger charge is -2.22. The van der Waals surface area contributed by atoms with Crippen molar-refractivity contribution in [3.8, 4) is 0 Å². The highest BCUT2D eigenvalue weighted by atomic mass is 35.5. The molecule has 0 radical (unpaired) electrons. The third-order valence-electron chi connectivity index (χ3n) is 1.90. The van der Waals surface area contributed by atoms with E-state index in [2.05, 4.69) is 0 Å². The number of aromatic carboxylic acids is 1. The van der Waals surface area contributed by atoms with E-state index in [9.17, 15) is 13.6 Å². The molecule has 1 atom stereocenters. The Morgan fingerprint density at radius 1 is 1.62 bits per heavy atom. The van der Waals surface area contributed by atoms with Crippen molar-refractivity contribution in [2.45, 2.75) is 0 Å². The SMILES string of the molecule is CN(CS(=O)[O-])c1ccc(Cl)cc1C(=O)O. The Hall–Kier alpha value is -1.11. The van der Waals surface area contributed by atoms with E-state index in [-0.39, 0.29) is 16.5 Å². The van der Waals surface area contributed by atoms with Crippen molar-refractivity contribution >= 4 is 34.3 Å². The zero-order chi connectivity index (χ0) is 12.3. The molecular weight excluding hydrogens is 254 g/mol. The zero-order valence-corrected chi connectivity index (χ0v) is 9.92. The summed E-state index contributed by atoms with van der Waals surface area (Å²) in [5.74, 6) is -1.43. The maximum atomic E-state index is 10.9. The van der Waals surface area contributed by atoms with Gasteiger partial charge in [0.25, 0.3) is 0 Å². The molecule has 1 aromatic carbocycles. The second-order valence-electron chi connectivity index (χ2n) is 3.10. The number of hydrogen-bond acceptors (Lipinski definition) is 4. The van der Waals surface area contributed by atoms with Crippen LogP contribution in [0.3, 0.4) is 0 Å². The zero-order valence-electron chi connectivity index (χ0n) is 8.34. The number of halogens is 1. The number of anilines is 1. The van der Waals surface area contributed by atoms with Crippen molar-refractivity contribution in [2.24, 2.45) is 0 Å². The van der Waals surface area contributed by atoms with Crippen molar-refractivity contribution < 1.29 is 18.7 Å². The molecule has 5 nitrogen and oxygen atoms in total. The number of benzene rings is 1. The van der Waals surface area contributed by atoms with Crippen LogP contribution in [0.1, 0.15) is 10.4 Å². The second-order valence-corrected chi connectivity index (χ2v) is 4.40. The maximum absolute atomic E-state index is 10.9. The van der Waals surface area contributed by atoms with Gasteiger partial charge in [0.15, 0.2) is 0 Å². The third-order valence-corrected chi connectivity index (χ3v) is 2.73. The number of hydrogen-bond donors (Lipinski definition) is 1. The van der Waals surface area contributed by atoms with Gasteiger partial charge in [0.05, 0.1) is 17.1 Å². The number of carboxylic acids is 1. The molecule has 0 saturated heterocycles. The highest BCUT2D eigenvalue weighted by molar-refractivity contribution is 7.79. The summed E-state index contributed by atoms with van der Waals surface area (Å²) in [5, 5.41) is 9.22. The number of nitrogens with zero attached hydrogens (tertiary/aromatic N) is 1. The standard InChI is InChI=1S/C9H10ClNO4S/c1-11(5-16(14)15)8-3-2-6(10)4-7(8)9(12)13/h2-4H,5H2,1H3,(H,12,13)(H,14,15)/p-1. The average molecular weight is 263 g/mol. The van der Waals surface area contributed by atoms with Crippen LogP contribution in [-0.2, 0) is 11.1 Å². The first kappa shape index (κ1) is 13.0. The molecule has 0 aromatic heterocycles. The Kier molecular flexibility index (Phi) is 4.28. The van der Waals surface area contributed by atoms with E-state index in [1.165, 1.54) is 30.1 Å². The first-order valence-corrected chi connectivity index (χ1v) is 5.84. The van der Waals surface area contributed by atoms with Crippen molar-refractivity contribution in [1.29, 1.82) is 0 Å². The van der Waals surface area contributed by atoms with E-state index < -0.39 is 17.0 Å². The van der Waals surface area contributed by atoms with Crippen molar-refractivity contribution in [2.75, 3.05) is 17.8 Å². The van der Waals surface area contributed by atoms with Crippen LogP contribution in [-0.4, -0.2) is 32.8 Å². The van der Waals surface area contributed by atoms with Crippen molar-refractivity contribution in [1.82, 2.24) is 0 Å². The molecule has 0 aliphatic rings. The van der Waals surface area contributed by atoms with Crippen LogP contribution in [0.5, 0.6) is 0 Å². The highest BCUT2D eigenvalue weighted by Gasteiger charge is 2.13. The Morgan fingerprint density at radius 3 is 2.75 bits per heavy atom. The Balaban J connectivity index is 3.12. The molecule has 0 aliphatic heterocycles. The predicted molar refractivity (Wildman–Crippen MR) is 60.6 cm³/mol. The van der Waals surface area contributed by atoms with Gasteiger partial charge in [-0.3, -0.25) is 4.21 Å². The fraction of sp³-hybridized carbons (Fsp3) is 0.222. The summed E-state index contributed by atoms with van der Waals surface area (Å²) in [6.45, 7) is 0. The minimum absolute atomic E-state index is 0.0274. The molecule has 1 N–H and O–H groups in total. The molecule has 1 unspecified atom stereocenters. The second kappa shape index (κ2) is 5.29. The van der Waals surface area contributed by atoms with Gasteiger partial charge in [-0.15, -0.1) is 0 Å². The van der Waals surface area contributed by atoms with Crippen molar-refractivity contribution in [3.05, 3.63) is 28.8 Å². The normalized spacial score (nSPS) is 12.2. The lowest BCUT2D eigenvalue weighted by atomic mass is 10.1. The molecular formula is C9H9ClNO4S-. The molecule has 16 heavy (non-hydrogen) atoms. The Bertz CT molecular complexity index is 438. The summed E-state index contributed by atoms with van der Waals surface area (Å²) in [6, 6.07) is 4.26. The topological polar surface area (TPSA) is 80.7 Å². The quantitative estimate of drug-likeness (QED) is 0.828. The Labute approximate surface area is 99.9 Å². The van der Waals surface area contributed by atoms with Crippen LogP contribution < -0.4 is 4.90 Å². The minimum atomic E-state index is -2.27. The van der Waals surface area contributed by atoms with Gasteiger partial charge in [0.2, 0.25) is 0 Å². The lowest BCUT2D eigenvalue weighted by Crippen LogP contribution is -2.24. The largest absolute Gasteiger partial charge is 0.771 e. The fourth-order valence-corrected chi connectivity index (χ4v) is 1.87. The van der Waals surface area contributed by atoms with Crippen LogP contribution in [0.15, 0.2) is 18.2 Å². The molecule has 0 aliphatic carbocycles. The fourth-order valence-electron chi connectivity index (χ4n) is 1.24. The van der Waals surface area contributed by atoms with Gasteiger partial charge >= 0.3 is 5.97 Å². The van der Waals surface area contributed by atoms with E-state index >= 15 is 0 Å². The summed E-state index contributed by atoms with van der Waals surface area (Å²) in [6.07, 6.45) is 0. The first-order chi connectivity index (χ1) is 7.41. The van der Waals surface area contributed by atoms with Gasteiger partial charge in [-0.05, 0) is 29.3 Å². The molecule has 1 rings (SSSR count). The van der Waals surface area contributed by atoms with Gasteiger partial charge in [-0.25, -0.2) is 4.79 Å². The van der Waals surface area contributed by atoms with Crippen LogP contribution >= 0.6 is 11.6 Å². The van der Waals surface area contributed by atoms with Gasteiger partial charge in [-0.2, -0.15) is 0 Å². The molecule has 0 heterocycles. The van der Waals surface area contributed by atoms with E-state index in [1.54, 1.807) is 0 Å². The van der Waals surface area contributed by atoms with E-state index in [0.29, 0.717) is 5.69 Å². The highest BCUT2D eigenvalue weighted by Crippen LogP contribution is 2.23. The summed E-state index contributed by atoms with van der Waals surface area (Å²) in [7, 11) is 1.49. The van der Waals surface area contributed by atoms with Crippen LogP contribution in [0, 0.1) is 0 Å². The molecule has 0 bridgehead atoms. The number of carbonyl (C=O) groups is 1. The molecule has 0 saturated carbocycles. The van der Waals surface area contributed by atoms with E-state index in [4.69, 9.17) is 16.7 Å². The summed E-state index contributed by atoms with van der Waals surface area (Å²) in [4.78, 5) is 12.2. The van der Waals surface area contributed by atoms with Crippen molar-refractivity contribution in [3.63, 3.8) is 0 Å². The summed E-state index contributed by atoms with van der Waals surface area (Å²) >= 11 is 3.39. The minimum Gasteiger partial charge on any atom is -0.771 e. The van der Waals surface area contributed by atoms with Gasteiger partial charge in [0, 0.05) is 12.1 Å². The Morgan fingerprint density at radius 2 is 2.25 bits per heavy atom. The predicted octanol–water partition coefficient (Wildman–Crippen LogP) is 1.31. The van der Waals surface area contributed by atoms with Crippen LogP contribution in [0.2, 0.25) is 5.02 Å². The maximum Gasteiger partial charge on any atom is 0.337 e. The number of rotatable bonds is 4. The number of carboxylic acid groups (broad SMARTS) is 1. The van der Waals surface area contributed by atoms with Gasteiger partial charge in [-0.1, -0.05) is 11.6 Å². The monoisotopic (exact) mass is 262 g/mol. The molecule has 0 fully saturated rings. The molecule has 0 amide bonds. The molecule has 7 heteroatoms. The lowest BCUT2D eigenvalue weighted by molar-refractivity contribution is 0.0697. The van der Waals surface area contributed by atoms with E-state index in [1.807, 2.05) is 0 Å². The van der Waals surface area contributed by atoms with Gasteiger partial charge in [0.1, 0.15) is 0 Å². The molecule has 0 spiro atoms. The average Bonchev–Trinajstić information content (AvgIpc) is 2.16. The molecule has 1 aromatic rings. The summed E-state index contributed by atoms with van der Waals surface area (Å²) < 4.78 is 21.0. The smallest absolute Gasteiger partial charge is 0.337 e. The van der Waals surface area contributed by atoms with Gasteiger partial charge < -0.3 is 14.6 Å². The van der Waals surface area contributed by atoms with Crippen LogP contribution in [0.25, 0.3) is 0 Å². The molecule has 88 valence electrons. The first-order valence-electron chi connectivity index (χ1n) is 4.21. The third kappa shape index (κ3) is 3.19. The summed E-state index contributed by atoms with van der Waals surface area (Å²) in [5.41, 5.74) is 0.279. The van der Waals surface area contributed by atoms with E-state index in [0.717, 1.165) is 0 Å².